The molecule has 0 aliphatic heterocycles. The monoisotopic (exact) mass is 423 g/mol. The van der Waals surface area contributed by atoms with Gasteiger partial charge in [0.2, 0.25) is 5.82 Å². The van der Waals surface area contributed by atoms with Crippen LogP contribution < -0.4 is 9.46 Å². The minimum atomic E-state index is -4.47. The van der Waals surface area contributed by atoms with Crippen molar-refractivity contribution in [2.45, 2.75) is 24.6 Å². The van der Waals surface area contributed by atoms with Crippen LogP contribution in [0.25, 0.3) is 0 Å². The number of ether oxygens (including phenoxy) is 1. The molecule has 0 atom stereocenters. The normalized spacial score (nSPS) is 11.9. The van der Waals surface area contributed by atoms with E-state index in [-0.39, 0.29) is 28.8 Å². The van der Waals surface area contributed by atoms with E-state index in [1.54, 1.807) is 12.1 Å². The lowest BCUT2D eigenvalue weighted by Crippen LogP contribution is -2.15. The van der Waals surface area contributed by atoms with Gasteiger partial charge in [0, 0.05) is 12.4 Å². The standard InChI is InChI=1S/C19H16F3N3O3S/c1-13-5-7-16(8-6-13)29(26,27)25-17-18(24-10-9-23-17)28-12-14-3-2-4-15(11-14)19(20,21)22/h2-11H,12H2,1H3,(H,23,25). The molecule has 10 heteroatoms. The Labute approximate surface area is 165 Å². The van der Waals surface area contributed by atoms with Crippen LogP contribution >= 0.6 is 0 Å². The van der Waals surface area contributed by atoms with Gasteiger partial charge in [0.15, 0.2) is 0 Å². The quantitative estimate of drug-likeness (QED) is 0.643. The molecule has 0 fully saturated rings. The fraction of sp³-hybridized carbons (Fsp3) is 0.158. The topological polar surface area (TPSA) is 81.2 Å². The van der Waals surface area contributed by atoms with Crippen LogP contribution in [0.1, 0.15) is 16.7 Å². The molecule has 152 valence electrons. The summed E-state index contributed by atoms with van der Waals surface area (Å²) in [5.74, 6) is -0.319. The molecule has 0 aliphatic rings. The van der Waals surface area contributed by atoms with Crippen molar-refractivity contribution in [3.8, 4) is 5.88 Å². The second-order valence-electron chi connectivity index (χ2n) is 6.12. The number of aryl methyl sites for hydroxylation is 1. The fourth-order valence-electron chi connectivity index (χ4n) is 2.39. The highest BCUT2D eigenvalue weighted by Gasteiger charge is 2.30. The molecule has 1 N–H and O–H groups in total. The number of hydrogen-bond donors (Lipinski definition) is 1. The lowest BCUT2D eigenvalue weighted by Gasteiger charge is -2.12. The highest BCUT2D eigenvalue weighted by Crippen LogP contribution is 2.30. The van der Waals surface area contributed by atoms with Crippen molar-refractivity contribution in [2.75, 3.05) is 4.72 Å². The lowest BCUT2D eigenvalue weighted by molar-refractivity contribution is -0.137. The van der Waals surface area contributed by atoms with Gasteiger partial charge in [-0.2, -0.15) is 13.2 Å². The molecule has 1 aromatic heterocycles. The number of alkyl halides is 3. The Morgan fingerprint density at radius 2 is 1.72 bits per heavy atom. The number of nitrogens with one attached hydrogen (secondary N) is 1. The third-order valence-electron chi connectivity index (χ3n) is 3.86. The Kier molecular flexibility index (Phi) is 5.73. The molecule has 0 aliphatic carbocycles. The Morgan fingerprint density at radius 1 is 1.03 bits per heavy atom. The number of sulfonamides is 1. The molecule has 0 unspecified atom stereocenters. The second-order valence-corrected chi connectivity index (χ2v) is 7.80. The third-order valence-corrected chi connectivity index (χ3v) is 5.21. The van der Waals surface area contributed by atoms with E-state index in [4.69, 9.17) is 4.74 Å². The molecule has 3 rings (SSSR count). The van der Waals surface area contributed by atoms with E-state index in [0.29, 0.717) is 0 Å². The van der Waals surface area contributed by atoms with E-state index in [1.807, 2.05) is 6.92 Å². The molecule has 3 aromatic rings. The third kappa shape index (κ3) is 5.23. The van der Waals surface area contributed by atoms with Crippen molar-refractivity contribution in [3.05, 3.63) is 77.6 Å². The van der Waals surface area contributed by atoms with E-state index in [1.165, 1.54) is 36.7 Å². The Hall–Kier alpha value is -3.14. The molecule has 0 saturated carbocycles. The highest BCUT2D eigenvalue weighted by molar-refractivity contribution is 7.92. The molecular formula is C19H16F3N3O3S. The maximum absolute atomic E-state index is 12.8. The molecular weight excluding hydrogens is 407 g/mol. The molecule has 29 heavy (non-hydrogen) atoms. The molecule has 0 bridgehead atoms. The fourth-order valence-corrected chi connectivity index (χ4v) is 3.40. The number of halogens is 3. The Bertz CT molecular complexity index is 1100. The van der Waals surface area contributed by atoms with E-state index in [0.717, 1.165) is 17.7 Å². The predicted octanol–water partition coefficient (Wildman–Crippen LogP) is 4.18. The van der Waals surface area contributed by atoms with Gasteiger partial charge in [-0.1, -0.05) is 29.8 Å². The molecule has 0 amide bonds. The number of benzene rings is 2. The van der Waals surface area contributed by atoms with Crippen LogP contribution in [0.2, 0.25) is 0 Å². The summed E-state index contributed by atoms with van der Waals surface area (Å²) in [4.78, 5) is 7.87. The summed E-state index contributed by atoms with van der Waals surface area (Å²) in [7, 11) is -3.94. The number of rotatable bonds is 6. The van der Waals surface area contributed by atoms with Gasteiger partial charge in [0.1, 0.15) is 6.61 Å². The molecule has 0 radical (unpaired) electrons. The van der Waals surface area contributed by atoms with Crippen molar-refractivity contribution in [1.82, 2.24) is 9.97 Å². The first kappa shape index (κ1) is 20.6. The van der Waals surface area contributed by atoms with Crippen LogP contribution in [0, 0.1) is 6.92 Å². The maximum atomic E-state index is 12.8. The van der Waals surface area contributed by atoms with Gasteiger partial charge in [-0.3, -0.25) is 4.72 Å². The average Bonchev–Trinajstić information content (AvgIpc) is 2.67. The summed E-state index contributed by atoms with van der Waals surface area (Å²) in [6.45, 7) is 1.58. The van der Waals surface area contributed by atoms with Gasteiger partial charge >= 0.3 is 6.18 Å². The number of nitrogens with zero attached hydrogens (tertiary/aromatic N) is 2. The Morgan fingerprint density at radius 3 is 2.41 bits per heavy atom. The molecule has 6 nitrogen and oxygen atoms in total. The highest BCUT2D eigenvalue weighted by atomic mass is 32.2. The summed E-state index contributed by atoms with van der Waals surface area (Å²) in [6, 6.07) is 10.8. The largest absolute Gasteiger partial charge is 0.470 e. The van der Waals surface area contributed by atoms with Crippen LogP contribution in [0.3, 0.4) is 0 Å². The van der Waals surface area contributed by atoms with Crippen LogP contribution in [0.4, 0.5) is 19.0 Å². The average molecular weight is 423 g/mol. The first-order valence-corrected chi connectivity index (χ1v) is 9.83. The van der Waals surface area contributed by atoms with Crippen molar-refractivity contribution in [1.29, 1.82) is 0 Å². The number of hydrogen-bond acceptors (Lipinski definition) is 5. The van der Waals surface area contributed by atoms with Gasteiger partial charge in [0.05, 0.1) is 10.5 Å². The molecule has 2 aromatic carbocycles. The zero-order chi connectivity index (χ0) is 21.1. The summed E-state index contributed by atoms with van der Waals surface area (Å²) in [6.07, 6.45) is -1.92. The number of aromatic nitrogens is 2. The van der Waals surface area contributed by atoms with E-state index in [2.05, 4.69) is 14.7 Å². The van der Waals surface area contributed by atoms with Gasteiger partial charge in [-0.15, -0.1) is 0 Å². The first-order valence-electron chi connectivity index (χ1n) is 8.34. The zero-order valence-corrected chi connectivity index (χ0v) is 16.0. The lowest BCUT2D eigenvalue weighted by atomic mass is 10.1. The first-order chi connectivity index (χ1) is 13.6. The van der Waals surface area contributed by atoms with Crippen LogP contribution in [0.5, 0.6) is 5.88 Å². The minimum absolute atomic E-state index is 0.0255. The van der Waals surface area contributed by atoms with Crippen LogP contribution in [-0.2, 0) is 22.8 Å². The summed E-state index contributed by atoms with van der Waals surface area (Å²) in [5.41, 5.74) is 0.337. The van der Waals surface area contributed by atoms with Crippen LogP contribution in [-0.4, -0.2) is 18.4 Å². The molecule has 0 spiro atoms. The van der Waals surface area contributed by atoms with Gasteiger partial charge in [0.25, 0.3) is 15.9 Å². The van der Waals surface area contributed by atoms with E-state index < -0.39 is 21.8 Å². The van der Waals surface area contributed by atoms with Gasteiger partial charge < -0.3 is 4.74 Å². The SMILES string of the molecule is Cc1ccc(S(=O)(=O)Nc2nccnc2OCc2cccc(C(F)(F)F)c2)cc1. The predicted molar refractivity (Wildman–Crippen MR) is 99.8 cm³/mol. The van der Waals surface area contributed by atoms with E-state index in [9.17, 15) is 21.6 Å². The number of anilines is 1. The van der Waals surface area contributed by atoms with Crippen molar-refractivity contribution in [2.24, 2.45) is 0 Å². The van der Waals surface area contributed by atoms with Crippen molar-refractivity contribution < 1.29 is 26.3 Å². The Balaban J connectivity index is 1.78. The van der Waals surface area contributed by atoms with Crippen LogP contribution in [0.15, 0.2) is 65.8 Å². The smallest absolute Gasteiger partial charge is 0.416 e. The molecule has 0 saturated heterocycles. The minimum Gasteiger partial charge on any atom is -0.470 e. The zero-order valence-electron chi connectivity index (χ0n) is 15.1. The maximum Gasteiger partial charge on any atom is 0.416 e. The molecule has 1 heterocycles. The van der Waals surface area contributed by atoms with E-state index >= 15 is 0 Å². The van der Waals surface area contributed by atoms with Crippen molar-refractivity contribution >= 4 is 15.8 Å². The summed E-state index contributed by atoms with van der Waals surface area (Å²) < 4.78 is 71.3. The summed E-state index contributed by atoms with van der Waals surface area (Å²) >= 11 is 0. The summed E-state index contributed by atoms with van der Waals surface area (Å²) in [5, 5.41) is 0. The van der Waals surface area contributed by atoms with Gasteiger partial charge in [-0.05, 0) is 36.8 Å². The van der Waals surface area contributed by atoms with Gasteiger partial charge in [-0.25, -0.2) is 18.4 Å². The van der Waals surface area contributed by atoms with Crippen molar-refractivity contribution in [3.63, 3.8) is 0 Å². The second kappa shape index (κ2) is 8.08.